The third-order valence-electron chi connectivity index (χ3n) is 6.54. The predicted octanol–water partition coefficient (Wildman–Crippen LogP) is 9.68. The zero-order valence-electron chi connectivity index (χ0n) is 23.3. The summed E-state index contributed by atoms with van der Waals surface area (Å²) in [5, 5.41) is -0.904. The molecule has 0 saturated heterocycles. The third kappa shape index (κ3) is 7.23. The Morgan fingerprint density at radius 3 is 2.06 bits per heavy atom. The maximum absolute atomic E-state index is 15.0. The highest BCUT2D eigenvalue weighted by atomic mass is 19.4. The molecule has 0 radical (unpaired) electrons. The van der Waals surface area contributed by atoms with E-state index in [1.807, 2.05) is 0 Å². The van der Waals surface area contributed by atoms with Crippen molar-refractivity contribution in [1.29, 1.82) is 0 Å². The SMILES string of the molecule is C=Cc1ccc(-c2ccc(C#Cc3cc(F)c(C(F)(F)Oc4ccc5c(F)c(C#CC(F)(F)F)c(F)cc5c4)c(F)c3)c(F)c2)nc1. The molecule has 236 valence electrons. The second kappa shape index (κ2) is 12.6. The number of hydrogen-bond donors (Lipinski definition) is 0. The molecular weight excluding hydrogens is 640 g/mol. The van der Waals surface area contributed by atoms with Crippen LogP contribution in [0.25, 0.3) is 28.1 Å². The van der Waals surface area contributed by atoms with E-state index in [4.69, 9.17) is 0 Å². The fraction of sp³-hybridized carbons (Fsp3) is 0.0571. The van der Waals surface area contributed by atoms with Gasteiger partial charge >= 0.3 is 12.3 Å². The van der Waals surface area contributed by atoms with Gasteiger partial charge in [-0.2, -0.15) is 22.0 Å². The zero-order chi connectivity index (χ0) is 34.1. The summed E-state index contributed by atoms with van der Waals surface area (Å²) in [6.07, 6.45) is -6.57. The van der Waals surface area contributed by atoms with E-state index >= 15 is 0 Å². The Kier molecular flexibility index (Phi) is 8.73. The minimum Gasteiger partial charge on any atom is -0.429 e. The van der Waals surface area contributed by atoms with Crippen LogP contribution < -0.4 is 4.74 Å². The van der Waals surface area contributed by atoms with Crippen LogP contribution in [0.5, 0.6) is 5.75 Å². The van der Waals surface area contributed by atoms with E-state index in [1.54, 1.807) is 24.4 Å². The van der Waals surface area contributed by atoms with Crippen molar-refractivity contribution in [2.24, 2.45) is 0 Å². The van der Waals surface area contributed by atoms with Gasteiger partial charge in [0.25, 0.3) is 0 Å². The summed E-state index contributed by atoms with van der Waals surface area (Å²) in [4.78, 5) is 4.20. The molecule has 47 heavy (non-hydrogen) atoms. The van der Waals surface area contributed by atoms with E-state index in [2.05, 4.69) is 28.1 Å². The number of ether oxygens (including phenoxy) is 1. The fourth-order valence-electron chi connectivity index (χ4n) is 4.35. The monoisotopic (exact) mass is 655 g/mol. The Labute approximate surface area is 260 Å². The van der Waals surface area contributed by atoms with Gasteiger partial charge < -0.3 is 4.74 Å². The van der Waals surface area contributed by atoms with Crippen molar-refractivity contribution < 1.29 is 48.6 Å². The average Bonchev–Trinajstić information content (AvgIpc) is 2.99. The number of hydrogen-bond acceptors (Lipinski definition) is 2. The number of aromatic nitrogens is 1. The first-order chi connectivity index (χ1) is 22.1. The largest absolute Gasteiger partial charge is 0.458 e. The third-order valence-corrected chi connectivity index (χ3v) is 6.54. The second-order valence-corrected chi connectivity index (χ2v) is 9.74. The summed E-state index contributed by atoms with van der Waals surface area (Å²) >= 11 is 0. The van der Waals surface area contributed by atoms with Crippen molar-refractivity contribution in [3.8, 4) is 40.7 Å². The van der Waals surface area contributed by atoms with E-state index < -0.39 is 74.6 Å². The maximum atomic E-state index is 15.0. The van der Waals surface area contributed by atoms with Gasteiger partial charge in [0.15, 0.2) is 0 Å². The summed E-state index contributed by atoms with van der Waals surface area (Å²) in [7, 11) is 0. The zero-order valence-corrected chi connectivity index (χ0v) is 23.3. The van der Waals surface area contributed by atoms with Crippen molar-refractivity contribution in [3.63, 3.8) is 0 Å². The molecule has 0 spiro atoms. The molecule has 0 aliphatic rings. The van der Waals surface area contributed by atoms with Gasteiger partial charge in [0.2, 0.25) is 0 Å². The van der Waals surface area contributed by atoms with Gasteiger partial charge in [-0.05, 0) is 65.5 Å². The van der Waals surface area contributed by atoms with Gasteiger partial charge in [0, 0.05) is 28.6 Å². The summed E-state index contributed by atoms with van der Waals surface area (Å²) in [5.74, 6) is -1.33. The van der Waals surface area contributed by atoms with Crippen molar-refractivity contribution >= 4 is 16.8 Å². The molecule has 12 heteroatoms. The normalized spacial score (nSPS) is 11.4. The van der Waals surface area contributed by atoms with E-state index in [0.717, 1.165) is 29.7 Å². The van der Waals surface area contributed by atoms with Gasteiger partial charge in [-0.1, -0.05) is 42.5 Å². The lowest BCUT2D eigenvalue weighted by atomic mass is 10.0. The van der Waals surface area contributed by atoms with Crippen LogP contribution in [0.3, 0.4) is 0 Å². The van der Waals surface area contributed by atoms with Crippen LogP contribution >= 0.6 is 0 Å². The van der Waals surface area contributed by atoms with Crippen LogP contribution in [0.1, 0.15) is 27.8 Å². The fourth-order valence-corrected chi connectivity index (χ4v) is 4.35. The molecule has 0 atom stereocenters. The summed E-state index contributed by atoms with van der Waals surface area (Å²) in [6.45, 7) is 3.62. The molecule has 0 N–H and O–H groups in total. The van der Waals surface area contributed by atoms with Crippen LogP contribution in [0, 0.1) is 52.8 Å². The van der Waals surface area contributed by atoms with Gasteiger partial charge in [-0.15, -0.1) is 0 Å². The van der Waals surface area contributed by atoms with Crippen LogP contribution in [0.4, 0.5) is 43.9 Å². The highest BCUT2D eigenvalue weighted by Crippen LogP contribution is 2.37. The lowest BCUT2D eigenvalue weighted by molar-refractivity contribution is -0.189. The van der Waals surface area contributed by atoms with Gasteiger partial charge in [-0.3, -0.25) is 4.98 Å². The van der Waals surface area contributed by atoms with Crippen molar-refractivity contribution in [2.45, 2.75) is 12.3 Å². The lowest BCUT2D eigenvalue weighted by Gasteiger charge is -2.20. The second-order valence-electron chi connectivity index (χ2n) is 9.74. The minimum absolute atomic E-state index is 0.154. The average molecular weight is 655 g/mol. The first kappa shape index (κ1) is 32.6. The Balaban J connectivity index is 1.38. The van der Waals surface area contributed by atoms with Crippen LogP contribution in [-0.4, -0.2) is 11.2 Å². The lowest BCUT2D eigenvalue weighted by Crippen LogP contribution is -2.25. The molecule has 0 fully saturated rings. The number of benzene rings is 4. The molecule has 0 aliphatic carbocycles. The smallest absolute Gasteiger partial charge is 0.429 e. The van der Waals surface area contributed by atoms with E-state index in [1.165, 1.54) is 18.1 Å². The molecule has 0 aliphatic heterocycles. The number of rotatable bonds is 5. The van der Waals surface area contributed by atoms with Crippen molar-refractivity contribution in [2.75, 3.05) is 0 Å². The standard InChI is InChI=1S/C35H15F10NO/c1-2-19-4-10-31(46-18-19)22-7-6-21(27(36)16-22)5-3-20-13-29(38)32(30(39)14-20)35(44,45)47-24-8-9-25-23(15-24)17-28(37)26(33(25)40)11-12-34(41,42)43/h2,4,6-10,13-18H,1H2. The molecule has 1 aromatic heterocycles. The van der Waals surface area contributed by atoms with Crippen molar-refractivity contribution in [1.82, 2.24) is 4.98 Å². The van der Waals surface area contributed by atoms with Crippen LogP contribution in [-0.2, 0) is 6.11 Å². The molecule has 1 heterocycles. The number of halogens is 10. The number of alkyl halides is 5. The Morgan fingerprint density at radius 2 is 1.45 bits per heavy atom. The topological polar surface area (TPSA) is 22.1 Å². The van der Waals surface area contributed by atoms with Gasteiger partial charge in [-0.25, -0.2) is 22.0 Å². The number of fused-ring (bicyclic) bond motifs is 1. The summed E-state index contributed by atoms with van der Waals surface area (Å²) in [6, 6.07) is 11.1. The molecule has 2 nitrogen and oxygen atoms in total. The van der Waals surface area contributed by atoms with Crippen molar-refractivity contribution in [3.05, 3.63) is 136 Å². The quantitative estimate of drug-likeness (QED) is 0.139. The van der Waals surface area contributed by atoms with E-state index in [9.17, 15) is 43.9 Å². The highest BCUT2D eigenvalue weighted by Gasteiger charge is 2.41. The number of pyridine rings is 1. The summed E-state index contributed by atoms with van der Waals surface area (Å²) in [5.41, 5.74) is -1.94. The van der Waals surface area contributed by atoms with Crippen LogP contribution in [0.2, 0.25) is 0 Å². The molecule has 0 saturated carbocycles. The molecule has 5 aromatic rings. The highest BCUT2D eigenvalue weighted by molar-refractivity contribution is 5.86. The van der Waals surface area contributed by atoms with Crippen LogP contribution in [0.15, 0.2) is 79.5 Å². The van der Waals surface area contributed by atoms with Gasteiger partial charge in [0.05, 0.1) is 16.8 Å². The first-order valence-electron chi connectivity index (χ1n) is 13.1. The van der Waals surface area contributed by atoms with Gasteiger partial charge in [0.1, 0.15) is 40.4 Å². The number of nitrogens with zero attached hydrogens (tertiary/aromatic N) is 1. The Hall–Kier alpha value is -5.75. The molecule has 4 aromatic carbocycles. The molecule has 0 amide bonds. The predicted molar refractivity (Wildman–Crippen MR) is 153 cm³/mol. The Bertz CT molecular complexity index is 2140. The van der Waals surface area contributed by atoms with E-state index in [0.29, 0.717) is 35.5 Å². The molecule has 0 unspecified atom stereocenters. The molecule has 5 rings (SSSR count). The minimum atomic E-state index is -5.03. The summed E-state index contributed by atoms with van der Waals surface area (Å²) < 4.78 is 145. The van der Waals surface area contributed by atoms with E-state index in [-0.39, 0.29) is 5.56 Å². The Morgan fingerprint density at radius 1 is 0.723 bits per heavy atom. The first-order valence-corrected chi connectivity index (χ1v) is 13.1. The molecular formula is C35H15F10NO. The molecule has 0 bridgehead atoms. The maximum Gasteiger partial charge on any atom is 0.458 e.